The lowest BCUT2D eigenvalue weighted by atomic mass is 10.1. The second-order valence-corrected chi connectivity index (χ2v) is 8.32. The van der Waals surface area contributed by atoms with Crippen LogP contribution in [0.5, 0.6) is 0 Å². The molecule has 4 aromatic rings. The van der Waals surface area contributed by atoms with Crippen molar-refractivity contribution >= 4 is 51.6 Å². The Labute approximate surface area is 187 Å². The van der Waals surface area contributed by atoms with Crippen molar-refractivity contribution in [1.82, 2.24) is 9.88 Å². The van der Waals surface area contributed by atoms with Gasteiger partial charge >= 0.3 is 0 Å². The van der Waals surface area contributed by atoms with Crippen molar-refractivity contribution in [2.75, 3.05) is 5.75 Å². The monoisotopic (exact) mass is 448 g/mol. The first-order chi connectivity index (χ1) is 15.2. The average Bonchev–Trinajstić information content (AvgIpc) is 3.50. The first-order valence-corrected chi connectivity index (χ1v) is 11.0. The number of fused-ring (bicyclic) bond motifs is 1. The molecule has 1 saturated heterocycles. The van der Waals surface area contributed by atoms with E-state index in [-0.39, 0.29) is 5.91 Å². The van der Waals surface area contributed by atoms with Gasteiger partial charge in [0.15, 0.2) is 5.17 Å². The Kier molecular flexibility index (Phi) is 5.36. The largest absolute Gasteiger partial charge is 0.467 e. The maximum Gasteiger partial charge on any atom is 0.239 e. The fourth-order valence-electron chi connectivity index (χ4n) is 3.46. The minimum Gasteiger partial charge on any atom is -0.467 e. The molecule has 3 heterocycles. The van der Waals surface area contributed by atoms with Gasteiger partial charge in [-0.3, -0.25) is 9.69 Å². The van der Waals surface area contributed by atoms with Gasteiger partial charge in [-0.2, -0.15) is 5.10 Å². The molecule has 1 fully saturated rings. The van der Waals surface area contributed by atoms with Gasteiger partial charge in [0.25, 0.3) is 0 Å². The van der Waals surface area contributed by atoms with Crippen molar-refractivity contribution in [3.8, 4) is 11.3 Å². The van der Waals surface area contributed by atoms with Crippen molar-refractivity contribution in [3.63, 3.8) is 0 Å². The zero-order chi connectivity index (χ0) is 21.2. The molecule has 8 heteroatoms. The number of thioether (sulfide) groups is 1. The van der Waals surface area contributed by atoms with Crippen LogP contribution in [0, 0.1) is 0 Å². The number of aromatic amines is 1. The number of hydrogen-bond acceptors (Lipinski definition) is 5. The van der Waals surface area contributed by atoms with Crippen molar-refractivity contribution < 1.29 is 9.21 Å². The molecule has 0 radical (unpaired) electrons. The third kappa shape index (κ3) is 4.02. The van der Waals surface area contributed by atoms with Crippen LogP contribution in [-0.2, 0) is 11.3 Å². The summed E-state index contributed by atoms with van der Waals surface area (Å²) in [5, 5.41) is 11.0. The molecule has 2 aromatic carbocycles. The third-order valence-corrected chi connectivity index (χ3v) is 6.16. The number of amidine groups is 1. The molecule has 5 rings (SSSR count). The topological polar surface area (TPSA) is 74.0 Å². The highest BCUT2D eigenvalue weighted by atomic mass is 35.5. The van der Waals surface area contributed by atoms with E-state index < -0.39 is 0 Å². The average molecular weight is 449 g/mol. The number of H-pyrrole nitrogens is 1. The van der Waals surface area contributed by atoms with E-state index in [1.54, 1.807) is 23.4 Å². The molecule has 1 N–H and O–H groups in total. The van der Waals surface area contributed by atoms with Gasteiger partial charge in [0.1, 0.15) is 5.76 Å². The van der Waals surface area contributed by atoms with Gasteiger partial charge in [-0.1, -0.05) is 53.7 Å². The highest BCUT2D eigenvalue weighted by Crippen LogP contribution is 2.30. The Balaban J connectivity index is 1.49. The Bertz CT molecular complexity index is 1290. The summed E-state index contributed by atoms with van der Waals surface area (Å²) in [6.45, 7) is 0.344. The molecule has 0 unspecified atom stereocenters. The van der Waals surface area contributed by atoms with E-state index in [4.69, 9.17) is 16.0 Å². The van der Waals surface area contributed by atoms with E-state index in [1.165, 1.54) is 11.8 Å². The Morgan fingerprint density at radius 1 is 1.13 bits per heavy atom. The lowest BCUT2D eigenvalue weighted by Gasteiger charge is -2.12. The van der Waals surface area contributed by atoms with E-state index in [9.17, 15) is 4.79 Å². The third-order valence-electron chi connectivity index (χ3n) is 4.96. The summed E-state index contributed by atoms with van der Waals surface area (Å²) in [4.78, 5) is 17.3. The quantitative estimate of drug-likeness (QED) is 0.321. The molecule has 0 saturated carbocycles. The van der Waals surface area contributed by atoms with Crippen LogP contribution in [0.15, 0.2) is 81.5 Å². The number of benzene rings is 2. The minimum absolute atomic E-state index is 0.00991. The number of furan rings is 1. The normalized spacial score (nSPS) is 15.7. The highest BCUT2D eigenvalue weighted by molar-refractivity contribution is 8.15. The molecular weight excluding hydrogens is 432 g/mol. The number of carbonyl (C=O) groups excluding carboxylic acids is 1. The maximum atomic E-state index is 12.3. The number of amides is 1. The van der Waals surface area contributed by atoms with Crippen LogP contribution in [0.4, 0.5) is 0 Å². The molecule has 0 bridgehead atoms. The number of rotatable bonds is 5. The first-order valence-electron chi connectivity index (χ1n) is 9.62. The van der Waals surface area contributed by atoms with E-state index in [0.29, 0.717) is 28.2 Å². The van der Waals surface area contributed by atoms with Crippen molar-refractivity contribution in [2.24, 2.45) is 10.2 Å². The van der Waals surface area contributed by atoms with Gasteiger partial charge in [0.05, 0.1) is 30.5 Å². The standard InChI is InChI=1S/C23H17ClN4O2S/c24-16-9-7-15(8-10-16)22-19(18-5-1-2-6-20(18)26-22)12-25-27-23-28(21(29)14-31-23)13-17-4-3-11-30-17/h1-12,26H,13-14H2/b25-12+,27-23-. The van der Waals surface area contributed by atoms with E-state index in [1.807, 2.05) is 54.6 Å². The smallest absolute Gasteiger partial charge is 0.239 e. The van der Waals surface area contributed by atoms with E-state index in [2.05, 4.69) is 15.2 Å². The zero-order valence-corrected chi connectivity index (χ0v) is 17.9. The molecule has 0 aliphatic carbocycles. The van der Waals surface area contributed by atoms with Crippen LogP contribution in [0.25, 0.3) is 22.2 Å². The Morgan fingerprint density at radius 3 is 2.77 bits per heavy atom. The molecule has 154 valence electrons. The fourth-order valence-corrected chi connectivity index (χ4v) is 4.43. The van der Waals surface area contributed by atoms with Crippen LogP contribution in [-0.4, -0.2) is 32.9 Å². The predicted molar refractivity (Wildman–Crippen MR) is 125 cm³/mol. The lowest BCUT2D eigenvalue weighted by Crippen LogP contribution is -2.28. The maximum absolute atomic E-state index is 12.3. The highest BCUT2D eigenvalue weighted by Gasteiger charge is 2.29. The Morgan fingerprint density at radius 2 is 1.97 bits per heavy atom. The van der Waals surface area contributed by atoms with E-state index >= 15 is 0 Å². The first kappa shape index (κ1) is 19.7. The second-order valence-electron chi connectivity index (χ2n) is 6.94. The summed E-state index contributed by atoms with van der Waals surface area (Å²) in [6.07, 6.45) is 3.32. The summed E-state index contributed by atoms with van der Waals surface area (Å²) < 4.78 is 5.37. The molecule has 0 atom stereocenters. The van der Waals surface area contributed by atoms with Crippen molar-refractivity contribution in [1.29, 1.82) is 0 Å². The number of nitrogens with one attached hydrogen (secondary N) is 1. The summed E-state index contributed by atoms with van der Waals surface area (Å²) in [6, 6.07) is 19.3. The van der Waals surface area contributed by atoms with Gasteiger partial charge in [-0.25, -0.2) is 0 Å². The SMILES string of the molecule is O=C1CS/C(=N\N=C\c2c(-c3ccc(Cl)cc3)[nH]c3ccccc23)N1Cc1ccco1. The lowest BCUT2D eigenvalue weighted by molar-refractivity contribution is -0.124. The van der Waals surface area contributed by atoms with Crippen LogP contribution in [0.1, 0.15) is 11.3 Å². The van der Waals surface area contributed by atoms with Gasteiger partial charge in [0, 0.05) is 21.5 Å². The number of carbonyl (C=O) groups is 1. The summed E-state index contributed by atoms with van der Waals surface area (Å²) >= 11 is 7.43. The van der Waals surface area contributed by atoms with Gasteiger partial charge in [-0.15, -0.1) is 5.10 Å². The summed E-state index contributed by atoms with van der Waals surface area (Å²) in [5.41, 5.74) is 3.87. The Hall–Kier alpha value is -3.29. The molecule has 0 spiro atoms. The van der Waals surface area contributed by atoms with Crippen molar-refractivity contribution in [2.45, 2.75) is 6.54 Å². The second kappa shape index (κ2) is 8.45. The number of aromatic nitrogens is 1. The molecule has 6 nitrogen and oxygen atoms in total. The molecule has 31 heavy (non-hydrogen) atoms. The number of nitrogens with zero attached hydrogens (tertiary/aromatic N) is 3. The van der Waals surface area contributed by atoms with Crippen LogP contribution in [0.3, 0.4) is 0 Å². The molecular formula is C23H17ClN4O2S. The summed E-state index contributed by atoms with van der Waals surface area (Å²) in [7, 11) is 0. The number of halogens is 1. The summed E-state index contributed by atoms with van der Waals surface area (Å²) in [5.74, 6) is 1.04. The van der Waals surface area contributed by atoms with Crippen LogP contribution in [0.2, 0.25) is 5.02 Å². The molecule has 1 aliphatic heterocycles. The molecule has 1 aliphatic rings. The predicted octanol–water partition coefficient (Wildman–Crippen LogP) is 5.55. The van der Waals surface area contributed by atoms with Crippen LogP contribution >= 0.6 is 23.4 Å². The van der Waals surface area contributed by atoms with Crippen molar-refractivity contribution in [3.05, 3.63) is 83.3 Å². The fraction of sp³-hybridized carbons (Fsp3) is 0.0870. The molecule has 2 aromatic heterocycles. The zero-order valence-electron chi connectivity index (χ0n) is 16.3. The number of hydrogen-bond donors (Lipinski definition) is 1. The van der Waals surface area contributed by atoms with Gasteiger partial charge in [-0.05, 0) is 35.9 Å². The molecule has 1 amide bonds. The van der Waals surface area contributed by atoms with E-state index in [0.717, 1.165) is 27.7 Å². The van der Waals surface area contributed by atoms with Gasteiger partial charge < -0.3 is 9.40 Å². The van der Waals surface area contributed by atoms with Crippen LogP contribution < -0.4 is 0 Å². The van der Waals surface area contributed by atoms with Gasteiger partial charge in [0.2, 0.25) is 5.91 Å². The minimum atomic E-state index is -0.00991. The number of para-hydroxylation sites is 1.